The lowest BCUT2D eigenvalue weighted by Gasteiger charge is -2.17. The molecule has 1 aromatic rings. The van der Waals surface area contributed by atoms with Crippen LogP contribution in [0.4, 0.5) is 5.82 Å². The highest BCUT2D eigenvalue weighted by atomic mass is 32.2. The maximum absolute atomic E-state index is 5.55. The monoisotopic (exact) mass is 256 g/mol. The smallest absolute Gasteiger partial charge is 0.145 e. The Kier molecular flexibility index (Phi) is 7.12. The molecule has 0 saturated heterocycles. The summed E-state index contributed by atoms with van der Waals surface area (Å²) in [5.74, 6) is 3.03. The summed E-state index contributed by atoms with van der Waals surface area (Å²) in [6, 6.07) is 1.84. The molecule has 0 saturated carbocycles. The van der Waals surface area contributed by atoms with E-state index in [9.17, 15) is 0 Å². The minimum atomic E-state index is 0.610. The van der Waals surface area contributed by atoms with Crippen molar-refractivity contribution >= 4 is 17.6 Å². The molecule has 0 aliphatic heterocycles. The van der Waals surface area contributed by atoms with E-state index in [0.717, 1.165) is 26.1 Å². The van der Waals surface area contributed by atoms with Crippen molar-refractivity contribution in [3.63, 3.8) is 0 Å². The Hall–Kier alpha value is -0.680. The number of anilines is 1. The van der Waals surface area contributed by atoms with E-state index in [2.05, 4.69) is 23.8 Å². The van der Waals surface area contributed by atoms with Crippen molar-refractivity contribution in [1.29, 1.82) is 0 Å². The van der Waals surface area contributed by atoms with Crippen LogP contribution in [-0.4, -0.2) is 45.8 Å². The van der Waals surface area contributed by atoms with E-state index in [1.165, 1.54) is 18.1 Å². The fourth-order valence-electron chi connectivity index (χ4n) is 1.67. The molecule has 4 nitrogen and oxygen atoms in total. The van der Waals surface area contributed by atoms with E-state index in [1.54, 1.807) is 0 Å². The minimum Gasteiger partial charge on any atom is -0.382 e. The number of hydrogen-bond acceptors (Lipinski definition) is 4. The first-order valence-electron chi connectivity index (χ1n) is 6.35. The molecule has 1 heterocycles. The topological polar surface area (TPSA) is 47.1 Å². The highest BCUT2D eigenvalue weighted by molar-refractivity contribution is 7.99. The number of nitrogens with zero attached hydrogens (tertiary/aromatic N) is 3. The number of hydrogen-bond donors (Lipinski definition) is 1. The van der Waals surface area contributed by atoms with Crippen LogP contribution in [0.1, 0.15) is 20.3 Å². The molecule has 17 heavy (non-hydrogen) atoms. The van der Waals surface area contributed by atoms with Crippen LogP contribution in [-0.2, 0) is 6.54 Å². The quantitative estimate of drug-likeness (QED) is 0.686. The third-order valence-corrected chi connectivity index (χ3v) is 3.83. The zero-order valence-electron chi connectivity index (χ0n) is 10.9. The Morgan fingerprint density at radius 2 is 2.12 bits per heavy atom. The lowest BCUT2D eigenvalue weighted by molar-refractivity contribution is 0.324. The Bertz CT molecular complexity index is 296. The Labute approximate surface area is 109 Å². The molecular weight excluding hydrogens is 232 g/mol. The summed E-state index contributed by atoms with van der Waals surface area (Å²) >= 11 is 2.02. The van der Waals surface area contributed by atoms with Gasteiger partial charge in [0.1, 0.15) is 5.82 Å². The molecule has 1 aromatic heterocycles. The highest BCUT2D eigenvalue weighted by Crippen LogP contribution is 2.05. The zero-order chi connectivity index (χ0) is 12.5. The first-order chi connectivity index (χ1) is 8.26. The number of aromatic nitrogens is 2. The Morgan fingerprint density at radius 1 is 1.35 bits per heavy atom. The second-order valence-corrected chi connectivity index (χ2v) is 5.22. The molecule has 0 atom stereocenters. The fraction of sp³-hybridized carbons (Fsp3) is 0.750. The molecule has 0 radical (unpaired) electrons. The molecule has 0 fully saturated rings. The number of aryl methyl sites for hydroxylation is 1. The molecule has 2 N–H and O–H groups in total. The first-order valence-corrected chi connectivity index (χ1v) is 7.50. The first kappa shape index (κ1) is 14.4. The van der Waals surface area contributed by atoms with Crippen molar-refractivity contribution in [3.8, 4) is 0 Å². The zero-order valence-corrected chi connectivity index (χ0v) is 11.7. The van der Waals surface area contributed by atoms with Gasteiger partial charge < -0.3 is 10.6 Å². The van der Waals surface area contributed by atoms with Crippen LogP contribution in [0.15, 0.2) is 12.3 Å². The second-order valence-electron chi connectivity index (χ2n) is 4.00. The normalized spacial score (nSPS) is 11.2. The van der Waals surface area contributed by atoms with Crippen molar-refractivity contribution in [2.24, 2.45) is 0 Å². The van der Waals surface area contributed by atoms with Gasteiger partial charge in [0.15, 0.2) is 0 Å². The molecule has 0 spiro atoms. The molecule has 0 aliphatic carbocycles. The van der Waals surface area contributed by atoms with E-state index < -0.39 is 0 Å². The molecule has 0 amide bonds. The van der Waals surface area contributed by atoms with Crippen molar-refractivity contribution < 1.29 is 0 Å². The fourth-order valence-corrected chi connectivity index (χ4v) is 2.59. The number of thioether (sulfide) groups is 1. The standard InChI is InChI=1S/C12H24N4S/c1-3-15(4-2)9-11-17-10-5-7-16-8-6-12(13)14-16/h6,8H,3-5,7,9-11H2,1-2H3,(H2,13,14). The van der Waals surface area contributed by atoms with Crippen molar-refractivity contribution in [2.45, 2.75) is 26.8 Å². The number of nitrogen functional groups attached to an aromatic ring is 1. The second kappa shape index (κ2) is 8.42. The van der Waals surface area contributed by atoms with Crippen LogP contribution in [0, 0.1) is 0 Å². The van der Waals surface area contributed by atoms with Crippen LogP contribution >= 0.6 is 11.8 Å². The molecule has 98 valence electrons. The molecular formula is C12H24N4S. The predicted octanol–water partition coefficient (Wildman–Crippen LogP) is 1.93. The Morgan fingerprint density at radius 3 is 2.71 bits per heavy atom. The summed E-state index contributed by atoms with van der Waals surface area (Å²) in [5.41, 5.74) is 5.55. The van der Waals surface area contributed by atoms with E-state index in [1.807, 2.05) is 28.7 Å². The van der Waals surface area contributed by atoms with Crippen molar-refractivity contribution in [1.82, 2.24) is 14.7 Å². The van der Waals surface area contributed by atoms with E-state index in [0.29, 0.717) is 5.82 Å². The van der Waals surface area contributed by atoms with Gasteiger partial charge in [-0.25, -0.2) is 0 Å². The minimum absolute atomic E-state index is 0.610. The Balaban J connectivity index is 1.97. The summed E-state index contributed by atoms with van der Waals surface area (Å²) in [6.45, 7) is 8.92. The molecule has 0 unspecified atom stereocenters. The average Bonchev–Trinajstić information content (AvgIpc) is 2.74. The van der Waals surface area contributed by atoms with Gasteiger partial charge in [0.05, 0.1) is 0 Å². The lowest BCUT2D eigenvalue weighted by Crippen LogP contribution is -2.25. The summed E-state index contributed by atoms with van der Waals surface area (Å²) in [6.07, 6.45) is 3.10. The van der Waals surface area contributed by atoms with Gasteiger partial charge in [0.25, 0.3) is 0 Å². The summed E-state index contributed by atoms with van der Waals surface area (Å²) < 4.78 is 1.92. The SMILES string of the molecule is CCN(CC)CCSCCCn1ccc(N)n1. The van der Waals surface area contributed by atoms with Gasteiger partial charge in [-0.15, -0.1) is 0 Å². The van der Waals surface area contributed by atoms with Gasteiger partial charge in [0, 0.05) is 25.0 Å². The van der Waals surface area contributed by atoms with Crippen molar-refractivity contribution in [2.75, 3.05) is 36.9 Å². The van der Waals surface area contributed by atoms with Gasteiger partial charge >= 0.3 is 0 Å². The third-order valence-electron chi connectivity index (χ3n) is 2.78. The van der Waals surface area contributed by atoms with Gasteiger partial charge in [-0.05, 0) is 31.3 Å². The van der Waals surface area contributed by atoms with Crippen LogP contribution in [0.5, 0.6) is 0 Å². The summed E-state index contributed by atoms with van der Waals surface area (Å²) in [7, 11) is 0. The van der Waals surface area contributed by atoms with E-state index in [4.69, 9.17) is 5.73 Å². The predicted molar refractivity (Wildman–Crippen MR) is 76.4 cm³/mol. The van der Waals surface area contributed by atoms with Crippen LogP contribution in [0.25, 0.3) is 0 Å². The van der Waals surface area contributed by atoms with Crippen LogP contribution in [0.3, 0.4) is 0 Å². The van der Waals surface area contributed by atoms with Gasteiger partial charge in [-0.3, -0.25) is 4.68 Å². The van der Waals surface area contributed by atoms with Crippen molar-refractivity contribution in [3.05, 3.63) is 12.3 Å². The highest BCUT2D eigenvalue weighted by Gasteiger charge is 1.99. The largest absolute Gasteiger partial charge is 0.382 e. The van der Waals surface area contributed by atoms with Crippen LogP contribution < -0.4 is 5.73 Å². The number of nitrogens with two attached hydrogens (primary N) is 1. The maximum atomic E-state index is 5.55. The third kappa shape index (κ3) is 5.98. The maximum Gasteiger partial charge on any atom is 0.145 e. The molecule has 5 heteroatoms. The summed E-state index contributed by atoms with van der Waals surface area (Å²) in [5, 5.41) is 4.16. The van der Waals surface area contributed by atoms with E-state index in [-0.39, 0.29) is 0 Å². The van der Waals surface area contributed by atoms with Gasteiger partial charge in [-0.2, -0.15) is 16.9 Å². The molecule has 0 aliphatic rings. The summed E-state index contributed by atoms with van der Waals surface area (Å²) in [4.78, 5) is 2.46. The molecule has 0 aromatic carbocycles. The number of rotatable bonds is 9. The lowest BCUT2D eigenvalue weighted by atomic mass is 10.5. The van der Waals surface area contributed by atoms with Crippen LogP contribution in [0.2, 0.25) is 0 Å². The molecule has 0 bridgehead atoms. The average molecular weight is 256 g/mol. The van der Waals surface area contributed by atoms with Gasteiger partial charge in [0.2, 0.25) is 0 Å². The van der Waals surface area contributed by atoms with Gasteiger partial charge in [-0.1, -0.05) is 13.8 Å². The van der Waals surface area contributed by atoms with E-state index >= 15 is 0 Å². The molecule has 1 rings (SSSR count).